The zero-order chi connectivity index (χ0) is 11.4. The molecule has 2 aliphatic rings. The van der Waals surface area contributed by atoms with Crippen LogP contribution in [0.4, 0.5) is 0 Å². The highest BCUT2D eigenvalue weighted by Gasteiger charge is 2.35. The van der Waals surface area contributed by atoms with Crippen molar-refractivity contribution < 1.29 is 4.74 Å². The lowest BCUT2D eigenvalue weighted by Crippen LogP contribution is -2.51. The highest BCUT2D eigenvalue weighted by molar-refractivity contribution is 4.94. The Morgan fingerprint density at radius 1 is 1.31 bits per heavy atom. The van der Waals surface area contributed by atoms with E-state index in [1.807, 2.05) is 0 Å². The molecule has 0 aromatic heterocycles. The first-order valence-corrected chi connectivity index (χ1v) is 6.76. The third-order valence-electron chi connectivity index (χ3n) is 4.35. The predicted octanol–water partition coefficient (Wildman–Crippen LogP) is 1.62. The number of likely N-dealkylation sites (N-methyl/N-ethyl adjacent to an activating group) is 1. The van der Waals surface area contributed by atoms with E-state index in [9.17, 15) is 0 Å². The van der Waals surface area contributed by atoms with Gasteiger partial charge in [-0.2, -0.15) is 0 Å². The molecule has 0 unspecified atom stereocenters. The van der Waals surface area contributed by atoms with Gasteiger partial charge in [-0.3, -0.25) is 4.90 Å². The normalized spacial score (nSPS) is 24.2. The molecule has 0 amide bonds. The fourth-order valence-corrected chi connectivity index (χ4v) is 2.75. The fraction of sp³-hybridized carbons (Fsp3) is 1.00. The lowest BCUT2D eigenvalue weighted by molar-refractivity contribution is 0.0613. The summed E-state index contributed by atoms with van der Waals surface area (Å²) in [5.74, 6) is 0.875. The topological polar surface area (TPSA) is 38.5 Å². The van der Waals surface area contributed by atoms with Gasteiger partial charge in [0.15, 0.2) is 0 Å². The van der Waals surface area contributed by atoms with Crippen molar-refractivity contribution in [2.24, 2.45) is 11.7 Å². The Balaban J connectivity index is 1.66. The average Bonchev–Trinajstić information content (AvgIpc) is 2.99. The van der Waals surface area contributed by atoms with Gasteiger partial charge >= 0.3 is 0 Å². The minimum absolute atomic E-state index is 0.281. The van der Waals surface area contributed by atoms with Crippen molar-refractivity contribution in [2.75, 3.05) is 33.4 Å². The van der Waals surface area contributed by atoms with E-state index in [1.165, 1.54) is 38.5 Å². The van der Waals surface area contributed by atoms with E-state index >= 15 is 0 Å². The van der Waals surface area contributed by atoms with Crippen LogP contribution in [-0.4, -0.2) is 43.8 Å². The molecule has 0 radical (unpaired) electrons. The van der Waals surface area contributed by atoms with Gasteiger partial charge in [0.05, 0.1) is 6.61 Å². The lowest BCUT2D eigenvalue weighted by Gasteiger charge is -2.37. The summed E-state index contributed by atoms with van der Waals surface area (Å²) in [5, 5.41) is 0. The Bertz CT molecular complexity index is 210. The molecular formula is C13H26N2O. The first-order valence-electron chi connectivity index (χ1n) is 6.76. The van der Waals surface area contributed by atoms with Crippen molar-refractivity contribution in [3.8, 4) is 0 Å². The van der Waals surface area contributed by atoms with Gasteiger partial charge in [0.1, 0.15) is 0 Å². The minimum atomic E-state index is 0.281. The summed E-state index contributed by atoms with van der Waals surface area (Å²) in [6, 6.07) is 0. The Morgan fingerprint density at radius 3 is 2.56 bits per heavy atom. The third-order valence-corrected chi connectivity index (χ3v) is 4.35. The molecule has 94 valence electrons. The maximum atomic E-state index is 5.95. The van der Waals surface area contributed by atoms with E-state index in [0.29, 0.717) is 0 Å². The second kappa shape index (κ2) is 5.48. The molecule has 2 rings (SSSR count). The largest absolute Gasteiger partial charge is 0.380 e. The molecule has 0 aliphatic heterocycles. The van der Waals surface area contributed by atoms with Gasteiger partial charge in [0.25, 0.3) is 0 Å². The molecule has 2 N–H and O–H groups in total. The Kier molecular flexibility index (Phi) is 4.22. The van der Waals surface area contributed by atoms with E-state index in [0.717, 1.165) is 32.2 Å². The van der Waals surface area contributed by atoms with E-state index in [1.54, 1.807) is 0 Å². The molecule has 16 heavy (non-hydrogen) atoms. The second-order valence-corrected chi connectivity index (χ2v) is 5.58. The summed E-state index contributed by atoms with van der Waals surface area (Å²) in [7, 11) is 2.21. The van der Waals surface area contributed by atoms with E-state index < -0.39 is 0 Å². The molecule has 0 saturated heterocycles. The number of nitrogens with zero attached hydrogens (tertiary/aromatic N) is 1. The minimum Gasteiger partial charge on any atom is -0.380 e. The highest BCUT2D eigenvalue weighted by atomic mass is 16.5. The smallest absolute Gasteiger partial charge is 0.0593 e. The van der Waals surface area contributed by atoms with Crippen LogP contribution in [0.5, 0.6) is 0 Å². The molecule has 0 atom stereocenters. The number of hydrogen-bond donors (Lipinski definition) is 1. The Labute approximate surface area is 99.3 Å². The van der Waals surface area contributed by atoms with Crippen LogP contribution in [0, 0.1) is 5.92 Å². The molecule has 3 nitrogen and oxygen atoms in total. The zero-order valence-corrected chi connectivity index (χ0v) is 10.6. The van der Waals surface area contributed by atoms with Crippen molar-refractivity contribution in [3.05, 3.63) is 0 Å². The molecule has 0 spiro atoms. The molecule has 2 fully saturated rings. The zero-order valence-electron chi connectivity index (χ0n) is 10.6. The molecule has 3 heteroatoms. The van der Waals surface area contributed by atoms with E-state index in [4.69, 9.17) is 10.5 Å². The summed E-state index contributed by atoms with van der Waals surface area (Å²) >= 11 is 0. The summed E-state index contributed by atoms with van der Waals surface area (Å²) in [5.41, 5.74) is 6.23. The maximum absolute atomic E-state index is 5.95. The Morgan fingerprint density at radius 2 is 2.00 bits per heavy atom. The first-order chi connectivity index (χ1) is 7.77. The molecule has 0 heterocycles. The van der Waals surface area contributed by atoms with E-state index in [-0.39, 0.29) is 5.54 Å². The van der Waals surface area contributed by atoms with Crippen LogP contribution >= 0.6 is 0 Å². The number of hydrogen-bond acceptors (Lipinski definition) is 3. The van der Waals surface area contributed by atoms with Gasteiger partial charge < -0.3 is 10.5 Å². The van der Waals surface area contributed by atoms with Crippen LogP contribution in [0.1, 0.15) is 38.5 Å². The molecule has 0 bridgehead atoms. The predicted molar refractivity (Wildman–Crippen MR) is 66.4 cm³/mol. The van der Waals surface area contributed by atoms with Gasteiger partial charge in [-0.25, -0.2) is 0 Å². The fourth-order valence-electron chi connectivity index (χ4n) is 2.75. The van der Waals surface area contributed by atoms with Gasteiger partial charge in [-0.15, -0.1) is 0 Å². The molecule has 2 aliphatic carbocycles. The van der Waals surface area contributed by atoms with Crippen LogP contribution in [0.2, 0.25) is 0 Å². The van der Waals surface area contributed by atoms with Crippen molar-refractivity contribution >= 4 is 0 Å². The first kappa shape index (κ1) is 12.3. The summed E-state index contributed by atoms with van der Waals surface area (Å²) < 4.78 is 5.69. The molecular weight excluding hydrogens is 200 g/mol. The number of rotatable bonds is 7. The SMILES string of the molecule is CN(CCOCC1CC1)C1(CN)CCCC1. The summed E-state index contributed by atoms with van der Waals surface area (Å²) in [4.78, 5) is 2.44. The van der Waals surface area contributed by atoms with Gasteiger partial charge in [-0.1, -0.05) is 12.8 Å². The van der Waals surface area contributed by atoms with Crippen LogP contribution in [-0.2, 0) is 4.74 Å². The number of ether oxygens (including phenoxy) is 1. The number of nitrogens with two attached hydrogens (primary N) is 1. The average molecular weight is 226 g/mol. The highest BCUT2D eigenvalue weighted by Crippen LogP contribution is 2.33. The second-order valence-electron chi connectivity index (χ2n) is 5.58. The van der Waals surface area contributed by atoms with Crippen LogP contribution in [0.15, 0.2) is 0 Å². The van der Waals surface area contributed by atoms with Crippen LogP contribution in [0.25, 0.3) is 0 Å². The van der Waals surface area contributed by atoms with Crippen LogP contribution < -0.4 is 5.73 Å². The van der Waals surface area contributed by atoms with Gasteiger partial charge in [0.2, 0.25) is 0 Å². The summed E-state index contributed by atoms with van der Waals surface area (Å²) in [6.45, 7) is 3.67. The molecule has 2 saturated carbocycles. The van der Waals surface area contributed by atoms with Crippen molar-refractivity contribution in [1.82, 2.24) is 4.90 Å². The molecule has 0 aromatic rings. The quantitative estimate of drug-likeness (QED) is 0.670. The van der Waals surface area contributed by atoms with Crippen molar-refractivity contribution in [3.63, 3.8) is 0 Å². The van der Waals surface area contributed by atoms with Crippen molar-refractivity contribution in [2.45, 2.75) is 44.1 Å². The lowest BCUT2D eigenvalue weighted by atomic mass is 9.96. The van der Waals surface area contributed by atoms with Gasteiger partial charge in [0, 0.05) is 25.2 Å². The van der Waals surface area contributed by atoms with Gasteiger partial charge in [-0.05, 0) is 38.6 Å². The van der Waals surface area contributed by atoms with Crippen LogP contribution in [0.3, 0.4) is 0 Å². The third kappa shape index (κ3) is 2.96. The standard InChI is InChI=1S/C13H26N2O/c1-15(8-9-16-10-12-4-5-12)13(11-14)6-2-3-7-13/h12H,2-11,14H2,1H3. The summed E-state index contributed by atoms with van der Waals surface area (Å²) in [6.07, 6.45) is 7.96. The monoisotopic (exact) mass is 226 g/mol. The Hall–Kier alpha value is -0.120. The van der Waals surface area contributed by atoms with Crippen molar-refractivity contribution in [1.29, 1.82) is 0 Å². The van der Waals surface area contributed by atoms with E-state index in [2.05, 4.69) is 11.9 Å². The maximum Gasteiger partial charge on any atom is 0.0593 e. The molecule has 0 aromatic carbocycles.